The third-order valence-electron chi connectivity index (χ3n) is 4.86. The molecule has 120 valence electrons. The number of hydrogen-bond donors (Lipinski definition) is 1. The molecule has 5 nitrogen and oxygen atoms in total. The molecule has 2 aliphatic heterocycles. The summed E-state index contributed by atoms with van der Waals surface area (Å²) in [5.41, 5.74) is 2.41. The number of carbonyl (C=O) groups is 1. The fourth-order valence-corrected chi connectivity index (χ4v) is 3.45. The number of amides is 1. The maximum absolute atomic E-state index is 12.7. The van der Waals surface area contributed by atoms with Crippen molar-refractivity contribution in [1.29, 1.82) is 0 Å². The maximum atomic E-state index is 12.7. The summed E-state index contributed by atoms with van der Waals surface area (Å²) in [6.45, 7) is 5.33. The second-order valence-corrected chi connectivity index (χ2v) is 6.23. The van der Waals surface area contributed by atoms with E-state index in [1.807, 2.05) is 17.0 Å². The molecule has 1 amide bonds. The zero-order valence-electron chi connectivity index (χ0n) is 13.5. The Balaban J connectivity index is 1.79. The zero-order valence-corrected chi connectivity index (χ0v) is 13.5. The SMILES string of the molecule is COc1cc2c(cc1OC)CN(C(=O)[C@@H]1CNC[C@H]1C)CC2. The molecule has 3 rings (SSSR count). The van der Waals surface area contributed by atoms with Gasteiger partial charge in [-0.1, -0.05) is 6.92 Å². The number of benzene rings is 1. The minimum absolute atomic E-state index is 0.113. The second-order valence-electron chi connectivity index (χ2n) is 6.23. The molecule has 1 saturated heterocycles. The van der Waals surface area contributed by atoms with E-state index in [1.54, 1.807) is 14.2 Å². The fourth-order valence-electron chi connectivity index (χ4n) is 3.45. The predicted molar refractivity (Wildman–Crippen MR) is 84.2 cm³/mol. The van der Waals surface area contributed by atoms with E-state index in [4.69, 9.17) is 9.47 Å². The zero-order chi connectivity index (χ0) is 15.7. The van der Waals surface area contributed by atoms with Crippen LogP contribution in [-0.2, 0) is 17.8 Å². The van der Waals surface area contributed by atoms with Crippen molar-refractivity contribution in [3.05, 3.63) is 23.3 Å². The highest BCUT2D eigenvalue weighted by molar-refractivity contribution is 5.80. The smallest absolute Gasteiger partial charge is 0.227 e. The molecule has 1 aromatic rings. The average Bonchev–Trinajstić information content (AvgIpc) is 2.98. The Labute approximate surface area is 131 Å². The average molecular weight is 304 g/mol. The first-order valence-corrected chi connectivity index (χ1v) is 7.87. The lowest BCUT2D eigenvalue weighted by Crippen LogP contribution is -2.41. The standard InChI is InChI=1S/C17H24N2O3/c1-11-8-18-9-14(11)17(20)19-5-4-12-6-15(21-2)16(22-3)7-13(12)10-19/h6-7,11,14,18H,4-5,8-10H2,1-3H3/t11-,14-/m1/s1. The molecule has 5 heteroatoms. The van der Waals surface area contributed by atoms with Crippen LogP contribution in [0.25, 0.3) is 0 Å². The largest absolute Gasteiger partial charge is 0.493 e. The summed E-state index contributed by atoms with van der Waals surface area (Å²) in [5.74, 6) is 2.29. The van der Waals surface area contributed by atoms with E-state index in [0.29, 0.717) is 12.5 Å². The lowest BCUT2D eigenvalue weighted by Gasteiger charge is -2.32. The monoisotopic (exact) mass is 304 g/mol. The summed E-state index contributed by atoms with van der Waals surface area (Å²) < 4.78 is 10.7. The highest BCUT2D eigenvalue weighted by atomic mass is 16.5. The van der Waals surface area contributed by atoms with Gasteiger partial charge < -0.3 is 19.7 Å². The minimum Gasteiger partial charge on any atom is -0.493 e. The molecular formula is C17H24N2O3. The van der Waals surface area contributed by atoms with Crippen molar-refractivity contribution in [1.82, 2.24) is 10.2 Å². The van der Waals surface area contributed by atoms with Crippen LogP contribution in [0.4, 0.5) is 0 Å². The van der Waals surface area contributed by atoms with Gasteiger partial charge in [-0.05, 0) is 42.1 Å². The first kappa shape index (κ1) is 15.2. The molecular weight excluding hydrogens is 280 g/mol. The summed E-state index contributed by atoms with van der Waals surface area (Å²) in [6, 6.07) is 4.04. The topological polar surface area (TPSA) is 50.8 Å². The van der Waals surface area contributed by atoms with Gasteiger partial charge in [-0.25, -0.2) is 0 Å². The van der Waals surface area contributed by atoms with Crippen LogP contribution < -0.4 is 14.8 Å². The summed E-state index contributed by atoms with van der Waals surface area (Å²) in [4.78, 5) is 14.7. The molecule has 0 unspecified atom stereocenters. The van der Waals surface area contributed by atoms with Gasteiger partial charge >= 0.3 is 0 Å². The van der Waals surface area contributed by atoms with E-state index in [0.717, 1.165) is 43.1 Å². The first-order valence-electron chi connectivity index (χ1n) is 7.87. The van der Waals surface area contributed by atoms with Crippen LogP contribution >= 0.6 is 0 Å². The van der Waals surface area contributed by atoms with Crippen molar-refractivity contribution in [3.63, 3.8) is 0 Å². The lowest BCUT2D eigenvalue weighted by atomic mass is 9.93. The van der Waals surface area contributed by atoms with Crippen LogP contribution in [0, 0.1) is 11.8 Å². The van der Waals surface area contributed by atoms with Crippen molar-refractivity contribution >= 4 is 5.91 Å². The Morgan fingerprint density at radius 3 is 2.45 bits per heavy atom. The van der Waals surface area contributed by atoms with Gasteiger partial charge in [0.05, 0.1) is 20.1 Å². The van der Waals surface area contributed by atoms with Gasteiger partial charge in [-0.2, -0.15) is 0 Å². The van der Waals surface area contributed by atoms with Crippen molar-refractivity contribution < 1.29 is 14.3 Å². The van der Waals surface area contributed by atoms with E-state index < -0.39 is 0 Å². The number of ether oxygens (including phenoxy) is 2. The minimum atomic E-state index is 0.113. The Morgan fingerprint density at radius 1 is 1.18 bits per heavy atom. The summed E-state index contributed by atoms with van der Waals surface area (Å²) in [5, 5.41) is 3.31. The third kappa shape index (κ3) is 2.65. The van der Waals surface area contributed by atoms with Gasteiger partial charge in [-0.3, -0.25) is 4.79 Å². The molecule has 1 N–H and O–H groups in total. The normalized spacial score (nSPS) is 24.0. The molecule has 2 heterocycles. The van der Waals surface area contributed by atoms with Crippen LogP contribution in [-0.4, -0.2) is 44.7 Å². The van der Waals surface area contributed by atoms with E-state index in [-0.39, 0.29) is 11.8 Å². The summed E-state index contributed by atoms with van der Waals surface area (Å²) in [6.07, 6.45) is 0.871. The lowest BCUT2D eigenvalue weighted by molar-refractivity contribution is -0.136. The van der Waals surface area contributed by atoms with Crippen molar-refractivity contribution in [2.45, 2.75) is 19.9 Å². The van der Waals surface area contributed by atoms with Crippen LogP contribution in [0.2, 0.25) is 0 Å². The number of rotatable bonds is 3. The van der Waals surface area contributed by atoms with Crippen LogP contribution in [0.5, 0.6) is 11.5 Å². The van der Waals surface area contributed by atoms with Gasteiger partial charge in [0.2, 0.25) is 5.91 Å². The van der Waals surface area contributed by atoms with Gasteiger partial charge in [0, 0.05) is 19.6 Å². The molecule has 0 aliphatic carbocycles. The number of methoxy groups -OCH3 is 2. The number of nitrogens with one attached hydrogen (secondary N) is 1. The molecule has 0 spiro atoms. The van der Waals surface area contributed by atoms with Gasteiger partial charge in [0.25, 0.3) is 0 Å². The second kappa shape index (κ2) is 6.16. The van der Waals surface area contributed by atoms with E-state index in [2.05, 4.69) is 12.2 Å². The molecule has 22 heavy (non-hydrogen) atoms. The Morgan fingerprint density at radius 2 is 1.86 bits per heavy atom. The Kier molecular flexibility index (Phi) is 4.25. The molecule has 0 saturated carbocycles. The number of hydrogen-bond acceptors (Lipinski definition) is 4. The van der Waals surface area contributed by atoms with Crippen LogP contribution in [0.15, 0.2) is 12.1 Å². The fraction of sp³-hybridized carbons (Fsp3) is 0.588. The number of carbonyl (C=O) groups excluding carboxylic acids is 1. The highest BCUT2D eigenvalue weighted by Crippen LogP contribution is 2.34. The molecule has 0 bridgehead atoms. The maximum Gasteiger partial charge on any atom is 0.227 e. The number of fused-ring (bicyclic) bond motifs is 1. The highest BCUT2D eigenvalue weighted by Gasteiger charge is 2.34. The van der Waals surface area contributed by atoms with Crippen LogP contribution in [0.1, 0.15) is 18.1 Å². The summed E-state index contributed by atoms with van der Waals surface area (Å²) >= 11 is 0. The van der Waals surface area contributed by atoms with Gasteiger partial charge in [0.15, 0.2) is 11.5 Å². The van der Waals surface area contributed by atoms with E-state index >= 15 is 0 Å². The molecule has 1 fully saturated rings. The third-order valence-corrected chi connectivity index (χ3v) is 4.86. The van der Waals surface area contributed by atoms with Gasteiger partial charge in [-0.15, -0.1) is 0 Å². The van der Waals surface area contributed by atoms with Gasteiger partial charge in [0.1, 0.15) is 0 Å². The Hall–Kier alpha value is -1.75. The van der Waals surface area contributed by atoms with Crippen molar-refractivity contribution in [2.24, 2.45) is 11.8 Å². The molecule has 0 aromatic heterocycles. The quantitative estimate of drug-likeness (QED) is 0.918. The van der Waals surface area contributed by atoms with E-state index in [9.17, 15) is 4.79 Å². The van der Waals surface area contributed by atoms with Crippen LogP contribution in [0.3, 0.4) is 0 Å². The molecule has 0 radical (unpaired) electrons. The van der Waals surface area contributed by atoms with Crippen molar-refractivity contribution in [2.75, 3.05) is 33.9 Å². The predicted octanol–water partition coefficient (Wildman–Crippen LogP) is 1.44. The first-order chi connectivity index (χ1) is 10.6. The molecule has 1 aromatic carbocycles. The Bertz CT molecular complexity index is 573. The van der Waals surface area contributed by atoms with Crippen molar-refractivity contribution in [3.8, 4) is 11.5 Å². The molecule has 2 atom stereocenters. The summed E-state index contributed by atoms with van der Waals surface area (Å²) in [7, 11) is 3.29. The van der Waals surface area contributed by atoms with E-state index in [1.165, 1.54) is 5.56 Å². The number of nitrogens with zero attached hydrogens (tertiary/aromatic N) is 1. The molecule has 2 aliphatic rings.